The van der Waals surface area contributed by atoms with Crippen LogP contribution >= 0.6 is 11.8 Å². The highest BCUT2D eigenvalue weighted by Crippen LogP contribution is 2.43. The minimum Gasteiger partial charge on any atom is -0.507 e. The average molecular weight is 503 g/mol. The predicted molar refractivity (Wildman–Crippen MR) is 144 cm³/mol. The first-order valence-electron chi connectivity index (χ1n) is 12.1. The Morgan fingerprint density at radius 3 is 2.47 bits per heavy atom. The third kappa shape index (κ3) is 5.08. The van der Waals surface area contributed by atoms with E-state index in [9.17, 15) is 9.90 Å². The van der Waals surface area contributed by atoms with Gasteiger partial charge in [0.1, 0.15) is 17.1 Å². The Bertz CT molecular complexity index is 1360. The van der Waals surface area contributed by atoms with Crippen molar-refractivity contribution in [2.75, 3.05) is 39.5 Å². The number of phenolic OH excluding ortho intramolecular Hbond substituents is 1. The Hall–Kier alpha value is -3.42. The lowest BCUT2D eigenvalue weighted by Crippen LogP contribution is -2.48. The molecule has 5 rings (SSSR count). The van der Waals surface area contributed by atoms with Gasteiger partial charge in [0.25, 0.3) is 0 Å². The molecule has 0 bridgehead atoms. The first kappa shape index (κ1) is 24.3. The molecule has 1 saturated heterocycles. The van der Waals surface area contributed by atoms with Gasteiger partial charge in [-0.25, -0.2) is 0 Å². The molecule has 2 heterocycles. The van der Waals surface area contributed by atoms with Crippen LogP contribution in [0.5, 0.6) is 11.5 Å². The minimum atomic E-state index is 0.102. The molecule has 0 spiro atoms. The molecule has 7 heteroatoms. The molecule has 1 fully saturated rings. The molecule has 4 aromatic rings. The van der Waals surface area contributed by atoms with E-state index in [0.29, 0.717) is 23.5 Å². The number of rotatable bonds is 7. The Labute approximate surface area is 215 Å². The topological polar surface area (TPSA) is 66.2 Å². The summed E-state index contributed by atoms with van der Waals surface area (Å²) in [7, 11) is 1.57. The van der Waals surface area contributed by atoms with E-state index in [4.69, 9.17) is 9.15 Å². The number of benzene rings is 3. The maximum Gasteiger partial charge on any atom is 0.227 e. The molecule has 36 heavy (non-hydrogen) atoms. The van der Waals surface area contributed by atoms with Crippen LogP contribution < -0.4 is 4.74 Å². The molecule has 3 aromatic carbocycles. The predicted octanol–water partition coefficient (Wildman–Crippen LogP) is 5.42. The second-order valence-corrected chi connectivity index (χ2v) is 9.81. The molecular weight excluding hydrogens is 472 g/mol. The molecule has 0 radical (unpaired) electrons. The molecule has 186 valence electrons. The number of thioether (sulfide) groups is 1. The molecular formula is C29H30N2O4S. The Morgan fingerprint density at radius 1 is 1.00 bits per heavy atom. The Morgan fingerprint density at radius 2 is 1.78 bits per heavy atom. The van der Waals surface area contributed by atoms with Gasteiger partial charge in [-0.15, -0.1) is 11.8 Å². The van der Waals surface area contributed by atoms with Gasteiger partial charge in [-0.05, 0) is 41.6 Å². The summed E-state index contributed by atoms with van der Waals surface area (Å²) < 4.78 is 11.3. The molecule has 0 aliphatic carbocycles. The van der Waals surface area contributed by atoms with Crippen molar-refractivity contribution in [3.05, 3.63) is 77.9 Å². The third-order valence-electron chi connectivity index (χ3n) is 6.69. The number of aromatic hydroxyl groups is 1. The minimum absolute atomic E-state index is 0.102. The van der Waals surface area contributed by atoms with Crippen LogP contribution in [0.3, 0.4) is 0 Å². The Balaban J connectivity index is 1.29. The molecule has 0 atom stereocenters. The van der Waals surface area contributed by atoms with Crippen molar-refractivity contribution in [2.24, 2.45) is 0 Å². The lowest BCUT2D eigenvalue weighted by molar-refractivity contribution is -0.132. The van der Waals surface area contributed by atoms with Gasteiger partial charge in [-0.1, -0.05) is 36.4 Å². The van der Waals surface area contributed by atoms with Gasteiger partial charge in [0, 0.05) is 44.2 Å². The molecule has 1 amide bonds. The molecule has 6 nitrogen and oxygen atoms in total. The van der Waals surface area contributed by atoms with Crippen LogP contribution in [0, 0.1) is 0 Å². The summed E-state index contributed by atoms with van der Waals surface area (Å²) in [6, 6.07) is 21.6. The number of ether oxygens (including phenoxy) is 1. The molecule has 0 saturated carbocycles. The quantitative estimate of drug-likeness (QED) is 0.340. The highest BCUT2D eigenvalue weighted by Gasteiger charge is 2.23. The number of amides is 1. The number of furan rings is 1. The SMILES string of the molecule is COc1ccc(-c2oc3ccc(CC(=O)N4CCN(Cc5ccccc5)CC4)cc3c2SC)c(O)c1. The van der Waals surface area contributed by atoms with E-state index < -0.39 is 0 Å². The van der Waals surface area contributed by atoms with Gasteiger partial charge < -0.3 is 19.2 Å². The molecule has 1 N–H and O–H groups in total. The zero-order chi connectivity index (χ0) is 25.1. The van der Waals surface area contributed by atoms with Crippen LogP contribution in [0.25, 0.3) is 22.3 Å². The second kappa shape index (κ2) is 10.7. The lowest BCUT2D eigenvalue weighted by Gasteiger charge is -2.34. The van der Waals surface area contributed by atoms with Crippen molar-refractivity contribution < 1.29 is 19.1 Å². The molecule has 1 aliphatic rings. The molecule has 1 aliphatic heterocycles. The number of carbonyl (C=O) groups excluding carboxylic acids is 1. The molecule has 1 aromatic heterocycles. The Kier molecular flexibility index (Phi) is 7.20. The van der Waals surface area contributed by atoms with Gasteiger partial charge in [-0.2, -0.15) is 0 Å². The van der Waals surface area contributed by atoms with Crippen LogP contribution in [0.4, 0.5) is 0 Å². The van der Waals surface area contributed by atoms with E-state index in [0.717, 1.165) is 54.2 Å². The number of piperazine rings is 1. The number of hydrogen-bond acceptors (Lipinski definition) is 6. The molecule has 0 unspecified atom stereocenters. The van der Waals surface area contributed by atoms with E-state index in [1.807, 2.05) is 35.4 Å². The number of nitrogens with zero attached hydrogens (tertiary/aromatic N) is 2. The summed E-state index contributed by atoms with van der Waals surface area (Å²) in [5.74, 6) is 1.46. The summed E-state index contributed by atoms with van der Waals surface area (Å²) in [6.45, 7) is 4.18. The number of phenols is 1. The fourth-order valence-electron chi connectivity index (χ4n) is 4.73. The summed E-state index contributed by atoms with van der Waals surface area (Å²) in [4.78, 5) is 18.4. The second-order valence-electron chi connectivity index (χ2n) is 9.00. The van der Waals surface area contributed by atoms with Crippen molar-refractivity contribution in [3.8, 4) is 22.8 Å². The smallest absolute Gasteiger partial charge is 0.227 e. The van der Waals surface area contributed by atoms with Gasteiger partial charge >= 0.3 is 0 Å². The number of hydrogen-bond donors (Lipinski definition) is 1. The highest BCUT2D eigenvalue weighted by atomic mass is 32.2. The number of carbonyl (C=O) groups is 1. The van der Waals surface area contributed by atoms with E-state index >= 15 is 0 Å². The fraction of sp³-hybridized carbons (Fsp3) is 0.276. The van der Waals surface area contributed by atoms with E-state index in [1.165, 1.54) is 5.56 Å². The maximum absolute atomic E-state index is 13.1. The average Bonchev–Trinajstić information content (AvgIpc) is 3.27. The van der Waals surface area contributed by atoms with Gasteiger partial charge in [0.2, 0.25) is 5.91 Å². The maximum atomic E-state index is 13.1. The largest absolute Gasteiger partial charge is 0.507 e. The van der Waals surface area contributed by atoms with Crippen LogP contribution in [0.1, 0.15) is 11.1 Å². The summed E-state index contributed by atoms with van der Waals surface area (Å²) >= 11 is 1.56. The number of methoxy groups -OCH3 is 1. The number of fused-ring (bicyclic) bond motifs is 1. The third-order valence-corrected chi connectivity index (χ3v) is 7.50. The van der Waals surface area contributed by atoms with Gasteiger partial charge in [-0.3, -0.25) is 9.69 Å². The van der Waals surface area contributed by atoms with Crippen molar-refractivity contribution in [3.63, 3.8) is 0 Å². The van der Waals surface area contributed by atoms with Crippen molar-refractivity contribution >= 4 is 28.6 Å². The van der Waals surface area contributed by atoms with Gasteiger partial charge in [0.15, 0.2) is 5.76 Å². The van der Waals surface area contributed by atoms with Crippen LogP contribution in [-0.2, 0) is 17.8 Å². The monoisotopic (exact) mass is 502 g/mol. The first-order valence-corrected chi connectivity index (χ1v) is 13.3. The van der Waals surface area contributed by atoms with Crippen molar-refractivity contribution in [1.29, 1.82) is 0 Å². The van der Waals surface area contributed by atoms with Crippen molar-refractivity contribution in [1.82, 2.24) is 9.80 Å². The first-order chi connectivity index (χ1) is 17.6. The van der Waals surface area contributed by atoms with Crippen LogP contribution in [0.2, 0.25) is 0 Å². The van der Waals surface area contributed by atoms with Gasteiger partial charge in [0.05, 0.1) is 24.0 Å². The van der Waals surface area contributed by atoms with E-state index in [1.54, 1.807) is 37.1 Å². The fourth-order valence-corrected chi connectivity index (χ4v) is 5.44. The van der Waals surface area contributed by atoms with Crippen molar-refractivity contribution in [2.45, 2.75) is 17.9 Å². The highest BCUT2D eigenvalue weighted by molar-refractivity contribution is 7.99. The van der Waals surface area contributed by atoms with E-state index in [2.05, 4.69) is 29.2 Å². The zero-order valence-corrected chi connectivity index (χ0v) is 21.4. The lowest BCUT2D eigenvalue weighted by atomic mass is 10.1. The summed E-state index contributed by atoms with van der Waals surface area (Å²) in [5.41, 5.74) is 3.61. The zero-order valence-electron chi connectivity index (χ0n) is 20.6. The van der Waals surface area contributed by atoms with Crippen LogP contribution in [-0.4, -0.2) is 60.4 Å². The summed E-state index contributed by atoms with van der Waals surface area (Å²) in [5, 5.41) is 11.5. The standard InChI is InChI=1S/C29H30N2O4S/c1-34-22-9-10-23(25(32)18-22)28-29(36-2)24-16-21(8-11-26(24)35-28)17-27(33)31-14-12-30(13-15-31)19-20-6-4-3-5-7-20/h3-11,16,18,32H,12-15,17,19H2,1-2H3. The normalized spacial score (nSPS) is 14.3. The van der Waals surface area contributed by atoms with E-state index in [-0.39, 0.29) is 11.7 Å². The summed E-state index contributed by atoms with van der Waals surface area (Å²) in [6.07, 6.45) is 2.35. The van der Waals surface area contributed by atoms with Crippen LogP contribution in [0.15, 0.2) is 76.0 Å².